The van der Waals surface area contributed by atoms with Crippen LogP contribution in [0, 0.1) is 0 Å². The minimum absolute atomic E-state index is 1.09. The molecule has 0 aliphatic rings. The molecule has 0 spiro atoms. The van der Waals surface area contributed by atoms with E-state index in [4.69, 9.17) is 0 Å². The summed E-state index contributed by atoms with van der Waals surface area (Å²) in [5.41, 5.74) is 13.0. The van der Waals surface area contributed by atoms with Crippen molar-refractivity contribution in [1.29, 1.82) is 0 Å². The molecule has 0 saturated carbocycles. The molecule has 0 amide bonds. The quantitative estimate of drug-likeness (QED) is 0.150. The summed E-state index contributed by atoms with van der Waals surface area (Å²) in [6.45, 7) is 0. The Kier molecular flexibility index (Phi) is 8.24. The summed E-state index contributed by atoms with van der Waals surface area (Å²) in [4.78, 5) is 2.40. The number of fused-ring (bicyclic) bond motifs is 4. The van der Waals surface area contributed by atoms with E-state index in [0.717, 1.165) is 17.1 Å². The number of anilines is 3. The normalized spacial score (nSPS) is 11.3. The Morgan fingerprint density at radius 3 is 1.40 bits per heavy atom. The number of hydrogen-bond donors (Lipinski definition) is 0. The summed E-state index contributed by atoms with van der Waals surface area (Å²) in [5.74, 6) is 0. The Morgan fingerprint density at radius 2 is 0.691 bits per heavy atom. The molecular formula is C54H37N. The monoisotopic (exact) mass is 699 g/mol. The molecule has 1 heteroatoms. The van der Waals surface area contributed by atoms with Crippen LogP contribution in [-0.4, -0.2) is 0 Å². The van der Waals surface area contributed by atoms with E-state index in [0.29, 0.717) is 0 Å². The van der Waals surface area contributed by atoms with Crippen LogP contribution in [0.15, 0.2) is 224 Å². The van der Waals surface area contributed by atoms with E-state index in [9.17, 15) is 0 Å². The lowest BCUT2D eigenvalue weighted by atomic mass is 9.93. The van der Waals surface area contributed by atoms with E-state index in [2.05, 4.69) is 229 Å². The second kappa shape index (κ2) is 14.0. The minimum atomic E-state index is 1.09. The van der Waals surface area contributed by atoms with E-state index in [-0.39, 0.29) is 0 Å². The lowest BCUT2D eigenvalue weighted by Gasteiger charge is -2.27. The predicted molar refractivity (Wildman–Crippen MR) is 235 cm³/mol. The molecule has 0 radical (unpaired) electrons. The lowest BCUT2D eigenvalue weighted by molar-refractivity contribution is 1.28. The van der Waals surface area contributed by atoms with Crippen LogP contribution < -0.4 is 4.90 Å². The molecule has 0 bridgehead atoms. The molecule has 0 aliphatic carbocycles. The molecule has 0 heterocycles. The number of rotatable bonds is 7. The molecule has 10 rings (SSSR count). The zero-order valence-corrected chi connectivity index (χ0v) is 30.3. The van der Waals surface area contributed by atoms with Crippen LogP contribution in [0.5, 0.6) is 0 Å². The van der Waals surface area contributed by atoms with E-state index in [1.807, 2.05) is 0 Å². The number of nitrogens with zero attached hydrogens (tertiary/aromatic N) is 1. The van der Waals surface area contributed by atoms with Gasteiger partial charge in [-0.25, -0.2) is 0 Å². The van der Waals surface area contributed by atoms with E-state index in [1.165, 1.54) is 76.8 Å². The highest BCUT2D eigenvalue weighted by Crippen LogP contribution is 2.42. The van der Waals surface area contributed by atoms with Gasteiger partial charge in [0.1, 0.15) is 0 Å². The first-order chi connectivity index (χ1) is 27.3. The third-order valence-electron chi connectivity index (χ3n) is 10.8. The summed E-state index contributed by atoms with van der Waals surface area (Å²) in [7, 11) is 0. The average molecular weight is 700 g/mol. The van der Waals surface area contributed by atoms with Gasteiger partial charge < -0.3 is 4.90 Å². The van der Waals surface area contributed by atoms with Gasteiger partial charge in [0.25, 0.3) is 0 Å². The molecule has 0 N–H and O–H groups in total. The molecule has 0 aromatic heterocycles. The van der Waals surface area contributed by atoms with Crippen LogP contribution in [0.25, 0.3) is 76.8 Å². The third kappa shape index (κ3) is 6.02. The zero-order valence-electron chi connectivity index (χ0n) is 30.3. The SMILES string of the molecule is c1ccc(-c2ccccc2-c2ccc(N(c3cccc(-c4cccc5ccccc45)c3)c3cccc(-c4cc5ccccc5c5ccccc45)c3)cc2)cc1. The average Bonchev–Trinajstić information content (AvgIpc) is 3.27. The standard InChI is InChI=1S/C54H37N/c1-2-15-38(16-3-1)47-25-8-9-26-49(47)40-31-33-44(34-32-40)55(45-22-12-20-41(35-45)50-30-14-19-39-17-4-6-24-48(39)50)46-23-13-21-42(36-46)54-37-43-18-5-7-27-51(43)52-28-10-11-29-53(52)54/h1-37H. The zero-order chi connectivity index (χ0) is 36.6. The van der Waals surface area contributed by atoms with Crippen LogP contribution in [0.1, 0.15) is 0 Å². The van der Waals surface area contributed by atoms with Gasteiger partial charge in [-0.05, 0) is 119 Å². The van der Waals surface area contributed by atoms with Crippen molar-refractivity contribution in [2.75, 3.05) is 4.90 Å². The first kappa shape index (κ1) is 32.4. The van der Waals surface area contributed by atoms with Crippen molar-refractivity contribution >= 4 is 49.4 Å². The summed E-state index contributed by atoms with van der Waals surface area (Å²) < 4.78 is 0. The van der Waals surface area contributed by atoms with Crippen molar-refractivity contribution in [3.05, 3.63) is 224 Å². The van der Waals surface area contributed by atoms with Gasteiger partial charge in [0, 0.05) is 17.1 Å². The van der Waals surface area contributed by atoms with Gasteiger partial charge in [-0.3, -0.25) is 0 Å². The van der Waals surface area contributed by atoms with E-state index < -0.39 is 0 Å². The van der Waals surface area contributed by atoms with Crippen molar-refractivity contribution in [3.8, 4) is 44.5 Å². The maximum absolute atomic E-state index is 2.40. The summed E-state index contributed by atoms with van der Waals surface area (Å²) in [6.07, 6.45) is 0. The van der Waals surface area contributed by atoms with Gasteiger partial charge in [-0.2, -0.15) is 0 Å². The Morgan fingerprint density at radius 1 is 0.218 bits per heavy atom. The minimum Gasteiger partial charge on any atom is -0.310 e. The van der Waals surface area contributed by atoms with Crippen LogP contribution in [0.4, 0.5) is 17.1 Å². The first-order valence-electron chi connectivity index (χ1n) is 18.9. The van der Waals surface area contributed by atoms with Gasteiger partial charge >= 0.3 is 0 Å². The molecule has 10 aromatic rings. The maximum atomic E-state index is 2.40. The van der Waals surface area contributed by atoms with Gasteiger partial charge in [0.2, 0.25) is 0 Å². The molecule has 0 saturated heterocycles. The van der Waals surface area contributed by atoms with Crippen molar-refractivity contribution in [2.24, 2.45) is 0 Å². The molecule has 0 unspecified atom stereocenters. The third-order valence-corrected chi connectivity index (χ3v) is 10.8. The van der Waals surface area contributed by atoms with Crippen LogP contribution in [0.2, 0.25) is 0 Å². The second-order valence-electron chi connectivity index (χ2n) is 14.1. The van der Waals surface area contributed by atoms with E-state index >= 15 is 0 Å². The molecule has 0 aliphatic heterocycles. The Hall–Kier alpha value is -7.22. The predicted octanol–water partition coefficient (Wildman–Crippen LogP) is 15.3. The van der Waals surface area contributed by atoms with Gasteiger partial charge in [0.05, 0.1) is 0 Å². The number of hydrogen-bond acceptors (Lipinski definition) is 1. The van der Waals surface area contributed by atoms with Crippen molar-refractivity contribution < 1.29 is 0 Å². The fourth-order valence-corrected chi connectivity index (χ4v) is 8.24. The molecule has 1 nitrogen and oxygen atoms in total. The summed E-state index contributed by atoms with van der Waals surface area (Å²) in [6, 6.07) is 81.4. The molecule has 0 fully saturated rings. The summed E-state index contributed by atoms with van der Waals surface area (Å²) >= 11 is 0. The van der Waals surface area contributed by atoms with Gasteiger partial charge in [0.15, 0.2) is 0 Å². The van der Waals surface area contributed by atoms with Crippen molar-refractivity contribution in [2.45, 2.75) is 0 Å². The Balaban J connectivity index is 1.13. The lowest BCUT2D eigenvalue weighted by Crippen LogP contribution is -2.10. The van der Waals surface area contributed by atoms with Gasteiger partial charge in [-0.1, -0.05) is 182 Å². The van der Waals surface area contributed by atoms with Gasteiger partial charge in [-0.15, -0.1) is 0 Å². The maximum Gasteiger partial charge on any atom is 0.0467 e. The Bertz CT molecular complexity index is 2970. The van der Waals surface area contributed by atoms with Crippen LogP contribution in [0.3, 0.4) is 0 Å². The highest BCUT2D eigenvalue weighted by molar-refractivity contribution is 6.14. The summed E-state index contributed by atoms with van der Waals surface area (Å²) in [5, 5.41) is 7.53. The second-order valence-corrected chi connectivity index (χ2v) is 14.1. The number of benzene rings is 10. The molecule has 10 aromatic carbocycles. The smallest absolute Gasteiger partial charge is 0.0467 e. The van der Waals surface area contributed by atoms with Crippen LogP contribution in [-0.2, 0) is 0 Å². The largest absolute Gasteiger partial charge is 0.310 e. The van der Waals surface area contributed by atoms with Crippen molar-refractivity contribution in [3.63, 3.8) is 0 Å². The fraction of sp³-hybridized carbons (Fsp3) is 0. The van der Waals surface area contributed by atoms with E-state index in [1.54, 1.807) is 0 Å². The van der Waals surface area contributed by atoms with Crippen LogP contribution >= 0.6 is 0 Å². The van der Waals surface area contributed by atoms with Crippen molar-refractivity contribution in [1.82, 2.24) is 0 Å². The first-order valence-corrected chi connectivity index (χ1v) is 18.9. The Labute approximate surface area is 322 Å². The molecule has 258 valence electrons. The fourth-order valence-electron chi connectivity index (χ4n) is 8.24. The molecule has 0 atom stereocenters. The highest BCUT2D eigenvalue weighted by atomic mass is 15.1. The highest BCUT2D eigenvalue weighted by Gasteiger charge is 2.17. The topological polar surface area (TPSA) is 3.24 Å². The molecule has 55 heavy (non-hydrogen) atoms. The molecular weight excluding hydrogens is 663 g/mol.